The summed E-state index contributed by atoms with van der Waals surface area (Å²) < 4.78 is 6.03. The van der Waals surface area contributed by atoms with Crippen LogP contribution in [0.15, 0.2) is 109 Å². The molecule has 5 heteroatoms. The van der Waals surface area contributed by atoms with Gasteiger partial charge in [-0.3, -0.25) is 19.3 Å². The summed E-state index contributed by atoms with van der Waals surface area (Å²) in [6, 6.07) is 36.6. The second-order valence-electron chi connectivity index (χ2n) is 12.1. The van der Waals surface area contributed by atoms with Crippen LogP contribution in [0.25, 0.3) is 64.6 Å². The largest absolute Gasteiger partial charge is 0.426 e. The zero-order valence-corrected chi connectivity index (χ0v) is 24.4. The molecule has 1 unspecified atom stereocenters. The highest BCUT2D eigenvalue weighted by atomic mass is 16.5. The fourth-order valence-corrected chi connectivity index (χ4v) is 7.64. The van der Waals surface area contributed by atoms with Gasteiger partial charge in [0.2, 0.25) is 11.8 Å². The van der Waals surface area contributed by atoms with E-state index in [-0.39, 0.29) is 37.5 Å². The summed E-state index contributed by atoms with van der Waals surface area (Å²) in [5.41, 5.74) is 0.875. The Hall–Kier alpha value is -5.55. The van der Waals surface area contributed by atoms with Gasteiger partial charge in [0.25, 0.3) is 0 Å². The number of amides is 2. The van der Waals surface area contributed by atoms with Crippen LogP contribution in [-0.2, 0) is 14.4 Å². The monoisotopic (exact) mass is 585 g/mol. The Morgan fingerprint density at radius 2 is 1.04 bits per heavy atom. The van der Waals surface area contributed by atoms with E-state index in [2.05, 4.69) is 84.9 Å². The maximum absolute atomic E-state index is 13.5. The van der Waals surface area contributed by atoms with Crippen LogP contribution in [0.4, 0.5) is 0 Å². The Balaban J connectivity index is 1.09. The summed E-state index contributed by atoms with van der Waals surface area (Å²) in [4.78, 5) is 41.1. The summed E-state index contributed by atoms with van der Waals surface area (Å²) in [5, 5.41) is 13.2. The maximum Gasteiger partial charge on any atom is 0.311 e. The summed E-state index contributed by atoms with van der Waals surface area (Å²) >= 11 is 0. The predicted octanol–water partition coefficient (Wildman–Crippen LogP) is 9.06. The lowest BCUT2D eigenvalue weighted by molar-refractivity contribution is -0.143. The van der Waals surface area contributed by atoms with Crippen molar-refractivity contribution in [3.8, 4) is 5.75 Å². The van der Waals surface area contributed by atoms with Crippen molar-refractivity contribution >= 4 is 82.4 Å². The number of imide groups is 1. The van der Waals surface area contributed by atoms with E-state index in [9.17, 15) is 14.4 Å². The normalized spacial score (nSPS) is 14.7. The van der Waals surface area contributed by atoms with E-state index in [1.54, 1.807) is 0 Å². The van der Waals surface area contributed by atoms with Gasteiger partial charge in [-0.15, -0.1) is 0 Å². The zero-order valence-electron chi connectivity index (χ0n) is 24.4. The quantitative estimate of drug-likeness (QED) is 0.0845. The van der Waals surface area contributed by atoms with Crippen LogP contribution in [0.5, 0.6) is 5.75 Å². The van der Waals surface area contributed by atoms with E-state index in [1.807, 2.05) is 24.3 Å². The standard InChI is InChI=1S/C40H27NO4/c42-34-20-21-35(43)41(34)32(29-15-11-27-9-7-23-3-1-5-25-12-16-30(29)39(27)37(23)25)18-22-36(44)45-33-19-14-28-10-8-24-4-2-6-26-13-17-31(33)40(28)38(24)26/h1-17,19,32H,18,20-22H2. The average Bonchev–Trinajstić information content (AvgIpc) is 3.40. The minimum absolute atomic E-state index is 0.0473. The number of esters is 1. The van der Waals surface area contributed by atoms with Gasteiger partial charge in [0.15, 0.2) is 0 Å². The molecule has 0 bridgehead atoms. The fourth-order valence-electron chi connectivity index (χ4n) is 7.64. The van der Waals surface area contributed by atoms with Gasteiger partial charge < -0.3 is 4.74 Å². The molecule has 1 heterocycles. The first kappa shape index (κ1) is 25.9. The van der Waals surface area contributed by atoms with E-state index < -0.39 is 12.0 Å². The molecule has 0 saturated carbocycles. The molecule has 8 aromatic rings. The van der Waals surface area contributed by atoms with Crippen molar-refractivity contribution in [3.05, 3.63) is 115 Å². The van der Waals surface area contributed by atoms with Gasteiger partial charge in [0.1, 0.15) is 5.75 Å². The number of carbonyl (C=O) groups is 3. The molecular formula is C40H27NO4. The highest BCUT2D eigenvalue weighted by Crippen LogP contribution is 2.42. The molecule has 1 aliphatic heterocycles. The molecule has 1 atom stereocenters. The molecule has 9 rings (SSSR count). The van der Waals surface area contributed by atoms with E-state index in [1.165, 1.54) is 10.3 Å². The minimum Gasteiger partial charge on any atom is -0.426 e. The first-order valence-corrected chi connectivity index (χ1v) is 15.4. The molecule has 0 aliphatic carbocycles. The second kappa shape index (κ2) is 9.73. The van der Waals surface area contributed by atoms with Crippen molar-refractivity contribution in [3.63, 3.8) is 0 Å². The second-order valence-corrected chi connectivity index (χ2v) is 12.1. The molecule has 1 fully saturated rings. The summed E-state index contributed by atoms with van der Waals surface area (Å²) in [5.74, 6) is -0.281. The third kappa shape index (κ3) is 3.90. The first-order chi connectivity index (χ1) is 22.0. The Labute approximate surface area is 258 Å². The lowest BCUT2D eigenvalue weighted by Crippen LogP contribution is -2.34. The molecule has 0 aromatic heterocycles. The van der Waals surface area contributed by atoms with Crippen LogP contribution < -0.4 is 4.74 Å². The van der Waals surface area contributed by atoms with Crippen LogP contribution in [0, 0.1) is 0 Å². The smallest absolute Gasteiger partial charge is 0.311 e. The molecule has 0 spiro atoms. The number of ether oxygens (including phenoxy) is 1. The van der Waals surface area contributed by atoms with Gasteiger partial charge in [0.05, 0.1) is 6.04 Å². The van der Waals surface area contributed by atoms with Gasteiger partial charge in [0, 0.05) is 30.0 Å². The van der Waals surface area contributed by atoms with Crippen molar-refractivity contribution in [1.29, 1.82) is 0 Å². The Morgan fingerprint density at radius 3 is 1.64 bits per heavy atom. The summed E-state index contributed by atoms with van der Waals surface area (Å²) in [6.07, 6.45) is 0.695. The third-order valence-corrected chi connectivity index (χ3v) is 9.66. The van der Waals surface area contributed by atoms with Crippen molar-refractivity contribution in [1.82, 2.24) is 4.90 Å². The molecule has 1 saturated heterocycles. The van der Waals surface area contributed by atoms with Gasteiger partial charge in [-0.2, -0.15) is 0 Å². The first-order valence-electron chi connectivity index (χ1n) is 15.4. The Bertz CT molecular complexity index is 2450. The van der Waals surface area contributed by atoms with Gasteiger partial charge >= 0.3 is 5.97 Å². The van der Waals surface area contributed by atoms with Crippen LogP contribution in [-0.4, -0.2) is 22.7 Å². The van der Waals surface area contributed by atoms with Crippen molar-refractivity contribution in [2.24, 2.45) is 0 Å². The molecule has 0 N–H and O–H groups in total. The average molecular weight is 586 g/mol. The lowest BCUT2D eigenvalue weighted by Gasteiger charge is -2.28. The number of benzene rings is 8. The number of rotatable bonds is 6. The number of hydrogen-bond acceptors (Lipinski definition) is 4. The summed E-state index contributed by atoms with van der Waals surface area (Å²) in [7, 11) is 0. The third-order valence-electron chi connectivity index (χ3n) is 9.66. The van der Waals surface area contributed by atoms with Gasteiger partial charge in [-0.1, -0.05) is 97.1 Å². The lowest BCUT2D eigenvalue weighted by atomic mass is 9.88. The Kier molecular flexibility index (Phi) is 5.60. The van der Waals surface area contributed by atoms with E-state index in [4.69, 9.17) is 4.74 Å². The maximum atomic E-state index is 13.5. The van der Waals surface area contributed by atoms with E-state index in [0.29, 0.717) is 5.75 Å². The van der Waals surface area contributed by atoms with Gasteiger partial charge in [-0.25, -0.2) is 0 Å². The predicted molar refractivity (Wildman–Crippen MR) is 179 cm³/mol. The molecule has 45 heavy (non-hydrogen) atoms. The zero-order chi connectivity index (χ0) is 30.2. The highest BCUT2D eigenvalue weighted by molar-refractivity contribution is 6.25. The number of nitrogens with zero attached hydrogens (tertiary/aromatic N) is 1. The molecule has 5 nitrogen and oxygen atoms in total. The summed E-state index contributed by atoms with van der Waals surface area (Å²) in [6.45, 7) is 0. The molecule has 2 amide bonds. The Morgan fingerprint density at radius 1 is 0.578 bits per heavy atom. The van der Waals surface area contributed by atoms with Crippen molar-refractivity contribution in [2.45, 2.75) is 31.7 Å². The molecule has 0 radical (unpaired) electrons. The topological polar surface area (TPSA) is 63.7 Å². The van der Waals surface area contributed by atoms with Crippen molar-refractivity contribution in [2.75, 3.05) is 0 Å². The van der Waals surface area contributed by atoms with Crippen molar-refractivity contribution < 1.29 is 19.1 Å². The molecule has 216 valence electrons. The van der Waals surface area contributed by atoms with E-state index >= 15 is 0 Å². The van der Waals surface area contributed by atoms with E-state index in [0.717, 1.165) is 64.8 Å². The molecular weight excluding hydrogens is 558 g/mol. The molecule has 8 aromatic carbocycles. The highest BCUT2D eigenvalue weighted by Gasteiger charge is 2.37. The molecule has 1 aliphatic rings. The van der Waals surface area contributed by atoms with Crippen LogP contribution >= 0.6 is 0 Å². The van der Waals surface area contributed by atoms with Crippen LogP contribution in [0.3, 0.4) is 0 Å². The van der Waals surface area contributed by atoms with Crippen LogP contribution in [0.1, 0.15) is 37.3 Å². The SMILES string of the molecule is O=C(CCC(c1ccc2ccc3cccc4ccc1c2c34)N1C(=O)CCC1=O)Oc1ccc2ccc3cccc4ccc1c2c34. The fraction of sp³-hybridized carbons (Fsp3) is 0.125. The minimum atomic E-state index is -0.578. The number of likely N-dealkylation sites (tertiary alicyclic amines) is 1. The van der Waals surface area contributed by atoms with Gasteiger partial charge in [-0.05, 0) is 78.0 Å². The number of carbonyl (C=O) groups excluding carboxylic acids is 3. The number of hydrogen-bond donors (Lipinski definition) is 0. The van der Waals surface area contributed by atoms with Crippen LogP contribution in [0.2, 0.25) is 0 Å².